The average Bonchev–Trinajstić information content (AvgIpc) is 2.49. The molecular weight excluding hydrogens is 273 g/mol. The number of amides is 1. The van der Waals surface area contributed by atoms with E-state index in [1.165, 1.54) is 18.3 Å². The fourth-order valence-corrected chi connectivity index (χ4v) is 2.31. The zero-order valence-electron chi connectivity index (χ0n) is 12.5. The van der Waals surface area contributed by atoms with Crippen LogP contribution in [0.5, 0.6) is 5.88 Å². The molecule has 0 saturated carbocycles. The molecule has 0 radical (unpaired) electrons. The summed E-state index contributed by atoms with van der Waals surface area (Å²) in [5, 5.41) is 0. The Kier molecular flexibility index (Phi) is 5.12. The molecule has 0 bridgehead atoms. The summed E-state index contributed by atoms with van der Waals surface area (Å²) in [5.41, 5.74) is 5.89. The van der Waals surface area contributed by atoms with E-state index in [-0.39, 0.29) is 23.8 Å². The minimum absolute atomic E-state index is 0.0209. The predicted molar refractivity (Wildman–Crippen MR) is 77.2 cm³/mol. The highest BCUT2D eigenvalue weighted by molar-refractivity contribution is 5.82. The zero-order valence-corrected chi connectivity index (χ0v) is 12.5. The molecule has 5 nitrogen and oxygen atoms in total. The minimum Gasteiger partial charge on any atom is -0.472 e. The Morgan fingerprint density at radius 2 is 2.14 bits per heavy atom. The molecular formula is C15H22FN3O2. The van der Waals surface area contributed by atoms with E-state index in [1.807, 2.05) is 13.8 Å². The maximum absolute atomic E-state index is 13.5. The Balaban J connectivity index is 1.86. The van der Waals surface area contributed by atoms with Crippen LogP contribution in [0.4, 0.5) is 4.39 Å². The van der Waals surface area contributed by atoms with Crippen LogP contribution >= 0.6 is 0 Å². The number of pyridine rings is 1. The number of ether oxygens (including phenoxy) is 1. The van der Waals surface area contributed by atoms with Gasteiger partial charge in [0.2, 0.25) is 5.91 Å². The van der Waals surface area contributed by atoms with Gasteiger partial charge in [-0.25, -0.2) is 9.37 Å². The maximum Gasteiger partial charge on any atom is 0.250 e. The molecule has 1 aromatic heterocycles. The molecule has 2 rings (SSSR count). The van der Waals surface area contributed by atoms with Crippen LogP contribution in [0, 0.1) is 11.7 Å². The molecule has 1 atom stereocenters. The number of piperidine rings is 1. The summed E-state index contributed by atoms with van der Waals surface area (Å²) in [5.74, 6) is -0.333. The van der Waals surface area contributed by atoms with Gasteiger partial charge >= 0.3 is 0 Å². The normalized spacial score (nSPS) is 17.9. The molecule has 0 aliphatic carbocycles. The largest absolute Gasteiger partial charge is 0.472 e. The zero-order chi connectivity index (χ0) is 15.4. The van der Waals surface area contributed by atoms with E-state index in [9.17, 15) is 9.18 Å². The molecule has 0 unspecified atom stereocenters. The van der Waals surface area contributed by atoms with E-state index < -0.39 is 11.9 Å². The van der Waals surface area contributed by atoms with Crippen LogP contribution in [0.25, 0.3) is 0 Å². The molecule has 1 aliphatic heterocycles. The van der Waals surface area contributed by atoms with Gasteiger partial charge in [0.15, 0.2) is 5.82 Å². The lowest BCUT2D eigenvalue weighted by Crippen LogP contribution is -2.50. The number of nitrogens with zero attached hydrogens (tertiary/aromatic N) is 2. The monoisotopic (exact) mass is 295 g/mol. The summed E-state index contributed by atoms with van der Waals surface area (Å²) >= 11 is 0. The molecule has 116 valence electrons. The molecule has 21 heavy (non-hydrogen) atoms. The second kappa shape index (κ2) is 6.85. The number of rotatable bonds is 4. The van der Waals surface area contributed by atoms with Gasteiger partial charge in [-0.3, -0.25) is 4.79 Å². The Bertz CT molecular complexity index is 488. The molecule has 2 heterocycles. The molecule has 6 heteroatoms. The van der Waals surface area contributed by atoms with Crippen molar-refractivity contribution in [3.8, 4) is 5.88 Å². The summed E-state index contributed by atoms with van der Waals surface area (Å²) in [6.45, 7) is 5.03. The Hall–Kier alpha value is -1.69. The lowest BCUT2D eigenvalue weighted by Gasteiger charge is -2.34. The first-order valence-electron chi connectivity index (χ1n) is 7.30. The van der Waals surface area contributed by atoms with E-state index in [2.05, 4.69) is 4.98 Å². The smallest absolute Gasteiger partial charge is 0.250 e. The lowest BCUT2D eigenvalue weighted by molar-refractivity contribution is -0.135. The van der Waals surface area contributed by atoms with Crippen molar-refractivity contribution < 1.29 is 13.9 Å². The molecule has 1 amide bonds. The van der Waals surface area contributed by atoms with Gasteiger partial charge < -0.3 is 15.4 Å². The molecule has 1 aliphatic rings. The van der Waals surface area contributed by atoms with E-state index in [0.717, 1.165) is 0 Å². The van der Waals surface area contributed by atoms with Crippen molar-refractivity contribution in [2.45, 2.75) is 38.8 Å². The number of nitrogens with two attached hydrogens (primary N) is 1. The van der Waals surface area contributed by atoms with Crippen molar-refractivity contribution in [2.75, 3.05) is 13.1 Å². The third-order valence-electron chi connectivity index (χ3n) is 3.76. The molecule has 0 aromatic carbocycles. The van der Waals surface area contributed by atoms with E-state index in [1.54, 1.807) is 4.90 Å². The summed E-state index contributed by atoms with van der Waals surface area (Å²) in [4.78, 5) is 17.8. The number of hydrogen-bond acceptors (Lipinski definition) is 4. The van der Waals surface area contributed by atoms with Gasteiger partial charge in [-0.2, -0.15) is 0 Å². The van der Waals surface area contributed by atoms with Gasteiger partial charge in [0.05, 0.1) is 6.04 Å². The van der Waals surface area contributed by atoms with Crippen LogP contribution in [0.1, 0.15) is 26.7 Å². The van der Waals surface area contributed by atoms with Crippen molar-refractivity contribution in [3.63, 3.8) is 0 Å². The van der Waals surface area contributed by atoms with Crippen LogP contribution in [-0.4, -0.2) is 41.0 Å². The third-order valence-corrected chi connectivity index (χ3v) is 3.76. The standard InChI is InChI=1S/C15H22FN3O2/c1-10(2)13(17)15(20)19-8-5-11(6-9-19)21-14-12(16)4-3-7-18-14/h3-4,7,10-11,13H,5-6,8-9,17H2,1-2H3/t13-/m0/s1. The molecule has 1 saturated heterocycles. The van der Waals surface area contributed by atoms with Crippen LogP contribution in [0.3, 0.4) is 0 Å². The van der Waals surface area contributed by atoms with Crippen molar-refractivity contribution in [3.05, 3.63) is 24.1 Å². The van der Waals surface area contributed by atoms with Gasteiger partial charge in [-0.15, -0.1) is 0 Å². The van der Waals surface area contributed by atoms with Crippen LogP contribution < -0.4 is 10.5 Å². The fraction of sp³-hybridized carbons (Fsp3) is 0.600. The number of aromatic nitrogens is 1. The Morgan fingerprint density at radius 3 is 2.71 bits per heavy atom. The summed E-state index contributed by atoms with van der Waals surface area (Å²) in [6, 6.07) is 2.38. The van der Waals surface area contributed by atoms with Crippen LogP contribution in [-0.2, 0) is 4.79 Å². The summed E-state index contributed by atoms with van der Waals surface area (Å²) in [6.07, 6.45) is 2.70. The van der Waals surface area contributed by atoms with Gasteiger partial charge in [-0.1, -0.05) is 13.8 Å². The van der Waals surface area contributed by atoms with Gasteiger partial charge in [0.25, 0.3) is 5.88 Å². The lowest BCUT2D eigenvalue weighted by atomic mass is 10.0. The second-order valence-corrected chi connectivity index (χ2v) is 5.70. The third kappa shape index (κ3) is 3.91. The Morgan fingerprint density at radius 1 is 1.48 bits per heavy atom. The number of halogens is 1. The predicted octanol–water partition coefficient (Wildman–Crippen LogP) is 1.57. The number of hydrogen-bond donors (Lipinski definition) is 1. The quantitative estimate of drug-likeness (QED) is 0.915. The van der Waals surface area contributed by atoms with Gasteiger partial charge in [0, 0.05) is 32.1 Å². The second-order valence-electron chi connectivity index (χ2n) is 5.70. The van der Waals surface area contributed by atoms with Crippen LogP contribution in [0.2, 0.25) is 0 Å². The highest BCUT2D eigenvalue weighted by atomic mass is 19.1. The Labute approximate surface area is 124 Å². The van der Waals surface area contributed by atoms with Crippen molar-refractivity contribution in [1.29, 1.82) is 0 Å². The minimum atomic E-state index is -0.462. The first kappa shape index (κ1) is 15.7. The van der Waals surface area contributed by atoms with Crippen molar-refractivity contribution >= 4 is 5.91 Å². The van der Waals surface area contributed by atoms with E-state index in [0.29, 0.717) is 25.9 Å². The fourth-order valence-electron chi connectivity index (χ4n) is 2.31. The van der Waals surface area contributed by atoms with Crippen molar-refractivity contribution in [1.82, 2.24) is 9.88 Å². The summed E-state index contributed by atoms with van der Waals surface area (Å²) in [7, 11) is 0. The van der Waals surface area contributed by atoms with Crippen LogP contribution in [0.15, 0.2) is 18.3 Å². The van der Waals surface area contributed by atoms with E-state index >= 15 is 0 Å². The first-order valence-corrected chi connectivity index (χ1v) is 7.30. The SMILES string of the molecule is CC(C)[C@H](N)C(=O)N1CCC(Oc2ncccc2F)CC1. The highest BCUT2D eigenvalue weighted by Gasteiger charge is 2.28. The van der Waals surface area contributed by atoms with Gasteiger partial charge in [-0.05, 0) is 18.1 Å². The average molecular weight is 295 g/mol. The number of carbonyl (C=O) groups is 1. The number of likely N-dealkylation sites (tertiary alicyclic amines) is 1. The van der Waals surface area contributed by atoms with E-state index in [4.69, 9.17) is 10.5 Å². The summed E-state index contributed by atoms with van der Waals surface area (Å²) < 4.78 is 19.0. The first-order chi connectivity index (χ1) is 9.99. The maximum atomic E-state index is 13.5. The molecule has 1 fully saturated rings. The number of carbonyl (C=O) groups excluding carboxylic acids is 1. The topological polar surface area (TPSA) is 68.5 Å². The highest BCUT2D eigenvalue weighted by Crippen LogP contribution is 2.20. The molecule has 1 aromatic rings. The molecule has 0 spiro atoms. The van der Waals surface area contributed by atoms with Crippen molar-refractivity contribution in [2.24, 2.45) is 11.7 Å². The van der Waals surface area contributed by atoms with Gasteiger partial charge in [0.1, 0.15) is 6.10 Å². The molecule has 2 N–H and O–H groups in total.